The number of thiophene rings is 1. The average molecular weight is 272 g/mol. The Hall–Kier alpha value is -1.94. The number of carbonyl (C=O) groups excluding carboxylic acids is 1. The predicted octanol–water partition coefficient (Wildman–Crippen LogP) is 3.46. The maximum Gasteiger partial charge on any atom is 0.271 e. The first-order valence-corrected chi connectivity index (χ1v) is 7.01. The van der Waals surface area contributed by atoms with Gasteiger partial charge in [0.1, 0.15) is 0 Å². The van der Waals surface area contributed by atoms with E-state index in [-0.39, 0.29) is 5.91 Å². The number of amides is 1. The summed E-state index contributed by atoms with van der Waals surface area (Å²) in [5.41, 5.74) is 4.02. The van der Waals surface area contributed by atoms with Crippen LogP contribution < -0.4 is 5.43 Å². The van der Waals surface area contributed by atoms with E-state index in [0.717, 1.165) is 17.0 Å². The lowest BCUT2D eigenvalue weighted by Crippen LogP contribution is -2.18. The summed E-state index contributed by atoms with van der Waals surface area (Å²) < 4.78 is 0. The minimum absolute atomic E-state index is 0.188. The van der Waals surface area contributed by atoms with Crippen LogP contribution in [0.15, 0.2) is 47.6 Å². The van der Waals surface area contributed by atoms with Gasteiger partial charge < -0.3 is 0 Å². The van der Waals surface area contributed by atoms with Crippen LogP contribution in [0.3, 0.4) is 0 Å². The van der Waals surface area contributed by atoms with Crippen molar-refractivity contribution in [1.29, 1.82) is 0 Å². The van der Waals surface area contributed by atoms with Gasteiger partial charge in [0.25, 0.3) is 5.91 Å². The smallest absolute Gasteiger partial charge is 0.267 e. The van der Waals surface area contributed by atoms with Crippen LogP contribution in [0, 0.1) is 0 Å². The van der Waals surface area contributed by atoms with Crippen LogP contribution in [-0.2, 0) is 6.42 Å². The zero-order chi connectivity index (χ0) is 13.7. The van der Waals surface area contributed by atoms with Crippen LogP contribution in [0.25, 0.3) is 0 Å². The lowest BCUT2D eigenvalue weighted by molar-refractivity contribution is 0.0955. The molecular formula is C15H16N2OS. The Morgan fingerprint density at radius 2 is 1.95 bits per heavy atom. The number of rotatable bonds is 4. The second kappa shape index (κ2) is 6.29. The molecule has 0 bridgehead atoms. The SMILES string of the molecule is CCc1ccc(/C(C)=N/NC(=O)c2ccccc2)s1. The third-order valence-corrected chi connectivity index (χ3v) is 4.07. The maximum absolute atomic E-state index is 11.8. The van der Waals surface area contributed by atoms with Gasteiger partial charge in [0.05, 0.1) is 10.6 Å². The van der Waals surface area contributed by atoms with Crippen LogP contribution in [0.5, 0.6) is 0 Å². The molecule has 3 nitrogen and oxygen atoms in total. The van der Waals surface area contributed by atoms with Crippen molar-refractivity contribution in [1.82, 2.24) is 5.43 Å². The number of hydrazone groups is 1. The van der Waals surface area contributed by atoms with Crippen molar-refractivity contribution in [2.45, 2.75) is 20.3 Å². The summed E-state index contributed by atoms with van der Waals surface area (Å²) in [5.74, 6) is -0.188. The van der Waals surface area contributed by atoms with Crippen LogP contribution in [0.4, 0.5) is 0 Å². The molecule has 2 rings (SSSR count). The molecule has 0 saturated carbocycles. The van der Waals surface area contributed by atoms with Gasteiger partial charge >= 0.3 is 0 Å². The Labute approximate surface area is 117 Å². The van der Waals surface area contributed by atoms with Crippen LogP contribution in [0.1, 0.15) is 34.0 Å². The third kappa shape index (κ3) is 3.51. The van der Waals surface area contributed by atoms with E-state index in [1.54, 1.807) is 23.5 Å². The molecule has 1 amide bonds. The molecule has 0 fully saturated rings. The minimum atomic E-state index is -0.188. The van der Waals surface area contributed by atoms with E-state index in [2.05, 4.69) is 23.5 Å². The number of benzene rings is 1. The van der Waals surface area contributed by atoms with Gasteiger partial charge in [0, 0.05) is 10.4 Å². The first-order valence-electron chi connectivity index (χ1n) is 6.19. The molecule has 2 aromatic rings. The fourth-order valence-corrected chi connectivity index (χ4v) is 2.50. The van der Waals surface area contributed by atoms with E-state index in [9.17, 15) is 4.79 Å². The standard InChI is InChI=1S/C15H16N2OS/c1-3-13-9-10-14(19-13)11(2)16-17-15(18)12-7-5-4-6-8-12/h4-10H,3H2,1-2H3,(H,17,18)/b16-11+. The number of nitrogens with zero attached hydrogens (tertiary/aromatic N) is 1. The van der Waals surface area contributed by atoms with Crippen LogP contribution in [-0.4, -0.2) is 11.6 Å². The van der Waals surface area contributed by atoms with Gasteiger partial charge in [-0.05, 0) is 37.6 Å². The van der Waals surface area contributed by atoms with E-state index in [4.69, 9.17) is 0 Å². The molecular weight excluding hydrogens is 256 g/mol. The zero-order valence-electron chi connectivity index (χ0n) is 11.0. The van der Waals surface area contributed by atoms with Crippen molar-refractivity contribution in [3.05, 3.63) is 57.8 Å². The van der Waals surface area contributed by atoms with Crippen molar-refractivity contribution < 1.29 is 4.79 Å². The molecule has 1 aromatic carbocycles. The Balaban J connectivity index is 2.04. The lowest BCUT2D eigenvalue weighted by atomic mass is 10.2. The van der Waals surface area contributed by atoms with E-state index >= 15 is 0 Å². The van der Waals surface area contributed by atoms with Gasteiger partial charge in [0.2, 0.25) is 0 Å². The second-order valence-electron chi connectivity index (χ2n) is 4.12. The second-order valence-corrected chi connectivity index (χ2v) is 5.29. The highest BCUT2D eigenvalue weighted by atomic mass is 32.1. The van der Waals surface area contributed by atoms with Crippen molar-refractivity contribution in [3.8, 4) is 0 Å². The number of nitrogens with one attached hydrogen (secondary N) is 1. The Morgan fingerprint density at radius 1 is 1.21 bits per heavy atom. The molecule has 0 saturated heterocycles. The molecule has 0 atom stereocenters. The summed E-state index contributed by atoms with van der Waals surface area (Å²) >= 11 is 1.71. The van der Waals surface area contributed by atoms with Crippen molar-refractivity contribution in [3.63, 3.8) is 0 Å². The molecule has 0 aliphatic rings. The summed E-state index contributed by atoms with van der Waals surface area (Å²) in [7, 11) is 0. The normalized spacial score (nSPS) is 11.4. The largest absolute Gasteiger partial charge is 0.271 e. The van der Waals surface area contributed by atoms with Gasteiger partial charge in [0.15, 0.2) is 0 Å². The fraction of sp³-hybridized carbons (Fsp3) is 0.200. The zero-order valence-corrected chi connectivity index (χ0v) is 11.8. The molecule has 1 N–H and O–H groups in total. The molecule has 1 aromatic heterocycles. The third-order valence-electron chi connectivity index (χ3n) is 2.73. The minimum Gasteiger partial charge on any atom is -0.267 e. The molecule has 1 heterocycles. The monoisotopic (exact) mass is 272 g/mol. The Bertz CT molecular complexity index is 587. The van der Waals surface area contributed by atoms with Crippen molar-refractivity contribution in [2.75, 3.05) is 0 Å². The van der Waals surface area contributed by atoms with E-state index in [0.29, 0.717) is 5.56 Å². The van der Waals surface area contributed by atoms with Crippen LogP contribution in [0.2, 0.25) is 0 Å². The summed E-state index contributed by atoms with van der Waals surface area (Å²) in [5, 5.41) is 4.15. The number of hydrogen-bond donors (Lipinski definition) is 1. The molecule has 0 aliphatic carbocycles. The topological polar surface area (TPSA) is 41.5 Å². The summed E-state index contributed by atoms with van der Waals surface area (Å²) in [6.45, 7) is 4.02. The summed E-state index contributed by atoms with van der Waals surface area (Å²) in [6.07, 6.45) is 1.02. The van der Waals surface area contributed by atoms with Crippen molar-refractivity contribution >= 4 is 23.0 Å². The molecule has 0 spiro atoms. The van der Waals surface area contributed by atoms with Gasteiger partial charge in [-0.25, -0.2) is 5.43 Å². The predicted molar refractivity (Wildman–Crippen MR) is 79.8 cm³/mol. The molecule has 0 radical (unpaired) electrons. The molecule has 19 heavy (non-hydrogen) atoms. The number of carbonyl (C=O) groups is 1. The molecule has 0 unspecified atom stereocenters. The van der Waals surface area contributed by atoms with Gasteiger partial charge in [-0.15, -0.1) is 11.3 Å². The molecule has 4 heteroatoms. The first-order chi connectivity index (χ1) is 9.20. The highest BCUT2D eigenvalue weighted by Gasteiger charge is 2.05. The quantitative estimate of drug-likeness (QED) is 0.672. The van der Waals surface area contributed by atoms with Crippen LogP contribution >= 0.6 is 11.3 Å². The Morgan fingerprint density at radius 3 is 2.58 bits per heavy atom. The summed E-state index contributed by atoms with van der Waals surface area (Å²) in [4.78, 5) is 14.2. The number of hydrogen-bond acceptors (Lipinski definition) is 3. The van der Waals surface area contributed by atoms with Gasteiger partial charge in [-0.2, -0.15) is 5.10 Å². The number of aryl methyl sites for hydroxylation is 1. The van der Waals surface area contributed by atoms with Gasteiger partial charge in [-0.3, -0.25) is 4.79 Å². The Kier molecular flexibility index (Phi) is 4.47. The highest BCUT2D eigenvalue weighted by molar-refractivity contribution is 7.14. The van der Waals surface area contributed by atoms with E-state index in [1.807, 2.05) is 31.2 Å². The van der Waals surface area contributed by atoms with E-state index < -0.39 is 0 Å². The van der Waals surface area contributed by atoms with Gasteiger partial charge in [-0.1, -0.05) is 25.1 Å². The lowest BCUT2D eigenvalue weighted by Gasteiger charge is -2.01. The van der Waals surface area contributed by atoms with E-state index in [1.165, 1.54) is 4.88 Å². The van der Waals surface area contributed by atoms with Crippen molar-refractivity contribution in [2.24, 2.45) is 5.10 Å². The first kappa shape index (κ1) is 13.5. The molecule has 0 aliphatic heterocycles. The average Bonchev–Trinajstić information content (AvgIpc) is 2.94. The highest BCUT2D eigenvalue weighted by Crippen LogP contribution is 2.17. The maximum atomic E-state index is 11.8. The fourth-order valence-electron chi connectivity index (χ4n) is 1.61. The summed E-state index contributed by atoms with van der Waals surface area (Å²) in [6, 6.07) is 13.2. The molecule has 98 valence electrons.